The van der Waals surface area contributed by atoms with Gasteiger partial charge in [-0.2, -0.15) is 0 Å². The third-order valence-electron chi connectivity index (χ3n) is 2.18. The molecule has 0 saturated carbocycles. The van der Waals surface area contributed by atoms with Crippen LogP contribution in [0.25, 0.3) is 0 Å². The highest BCUT2D eigenvalue weighted by molar-refractivity contribution is 4.67. The van der Waals surface area contributed by atoms with Gasteiger partial charge in [-0.1, -0.05) is 41.0 Å². The minimum Gasteiger partial charge on any atom is -0.312 e. The first-order chi connectivity index (χ1) is 5.81. The van der Waals surface area contributed by atoms with Gasteiger partial charge in [-0.25, -0.2) is 0 Å². The molecule has 1 nitrogen and oxygen atoms in total. The summed E-state index contributed by atoms with van der Waals surface area (Å²) in [6, 6.07) is 1.28. The molecule has 0 aliphatic rings. The lowest BCUT2D eigenvalue weighted by Crippen LogP contribution is -2.32. The minimum atomic E-state index is 0.498. The Balaban J connectivity index is 3.42. The summed E-state index contributed by atoms with van der Waals surface area (Å²) in [5, 5.41) is 3.53. The Kier molecular flexibility index (Phi) is 5.62. The lowest BCUT2D eigenvalue weighted by atomic mass is 9.89. The standard InChI is InChI=1S/C12H27N/c1-10(2)13-11(3)8-7-9-12(4,5)6/h10-11,13H,7-9H2,1-6H3. The minimum absolute atomic E-state index is 0.498. The van der Waals surface area contributed by atoms with Gasteiger partial charge in [0, 0.05) is 12.1 Å². The van der Waals surface area contributed by atoms with Crippen molar-refractivity contribution >= 4 is 0 Å². The highest BCUT2D eigenvalue weighted by atomic mass is 14.9. The van der Waals surface area contributed by atoms with Gasteiger partial charge in [0.05, 0.1) is 0 Å². The summed E-state index contributed by atoms with van der Waals surface area (Å²) in [5.74, 6) is 0. The smallest absolute Gasteiger partial charge is 0.00410 e. The Morgan fingerprint density at radius 1 is 1.08 bits per heavy atom. The zero-order valence-corrected chi connectivity index (χ0v) is 10.3. The summed E-state index contributed by atoms with van der Waals surface area (Å²) in [7, 11) is 0. The Hall–Kier alpha value is -0.0400. The van der Waals surface area contributed by atoms with Crippen molar-refractivity contribution in [3.8, 4) is 0 Å². The van der Waals surface area contributed by atoms with E-state index in [0.717, 1.165) is 0 Å². The lowest BCUT2D eigenvalue weighted by Gasteiger charge is -2.21. The van der Waals surface area contributed by atoms with Gasteiger partial charge in [-0.15, -0.1) is 0 Å². The molecule has 0 bridgehead atoms. The van der Waals surface area contributed by atoms with E-state index in [4.69, 9.17) is 0 Å². The normalized spacial score (nSPS) is 15.0. The van der Waals surface area contributed by atoms with Crippen molar-refractivity contribution in [3.05, 3.63) is 0 Å². The van der Waals surface area contributed by atoms with Crippen LogP contribution in [0.4, 0.5) is 0 Å². The number of rotatable bonds is 5. The molecule has 0 aliphatic carbocycles. The third-order valence-corrected chi connectivity index (χ3v) is 2.18. The van der Waals surface area contributed by atoms with Crippen molar-refractivity contribution in [2.24, 2.45) is 5.41 Å². The van der Waals surface area contributed by atoms with Crippen LogP contribution >= 0.6 is 0 Å². The van der Waals surface area contributed by atoms with E-state index in [0.29, 0.717) is 17.5 Å². The Morgan fingerprint density at radius 3 is 2.00 bits per heavy atom. The SMILES string of the molecule is CC(C)NC(C)CCCC(C)(C)C. The molecule has 0 radical (unpaired) electrons. The van der Waals surface area contributed by atoms with Crippen LogP contribution in [0.3, 0.4) is 0 Å². The zero-order valence-electron chi connectivity index (χ0n) is 10.3. The largest absolute Gasteiger partial charge is 0.312 e. The van der Waals surface area contributed by atoms with E-state index in [2.05, 4.69) is 46.9 Å². The molecule has 0 aliphatic heterocycles. The second kappa shape index (κ2) is 5.64. The molecule has 0 saturated heterocycles. The van der Waals surface area contributed by atoms with Crippen molar-refractivity contribution in [3.63, 3.8) is 0 Å². The molecule has 0 aromatic rings. The van der Waals surface area contributed by atoms with Gasteiger partial charge < -0.3 is 5.32 Å². The molecule has 13 heavy (non-hydrogen) atoms. The second-order valence-electron chi connectivity index (χ2n) is 5.68. The van der Waals surface area contributed by atoms with Crippen LogP contribution in [0.15, 0.2) is 0 Å². The second-order valence-corrected chi connectivity index (χ2v) is 5.68. The van der Waals surface area contributed by atoms with Gasteiger partial charge in [0.2, 0.25) is 0 Å². The molecule has 80 valence electrons. The molecular weight excluding hydrogens is 158 g/mol. The number of hydrogen-bond donors (Lipinski definition) is 1. The van der Waals surface area contributed by atoms with Crippen LogP contribution in [0.1, 0.15) is 60.8 Å². The van der Waals surface area contributed by atoms with Gasteiger partial charge in [0.15, 0.2) is 0 Å². The van der Waals surface area contributed by atoms with E-state index in [1.165, 1.54) is 19.3 Å². The van der Waals surface area contributed by atoms with Gasteiger partial charge in [0.1, 0.15) is 0 Å². The molecule has 1 N–H and O–H groups in total. The van der Waals surface area contributed by atoms with Crippen molar-refractivity contribution in [1.29, 1.82) is 0 Å². The van der Waals surface area contributed by atoms with Crippen LogP contribution in [0.2, 0.25) is 0 Å². The van der Waals surface area contributed by atoms with Crippen LogP contribution in [0, 0.1) is 5.41 Å². The molecular formula is C12H27N. The zero-order chi connectivity index (χ0) is 10.5. The third kappa shape index (κ3) is 9.88. The quantitative estimate of drug-likeness (QED) is 0.690. The Bertz CT molecular complexity index is 122. The molecule has 0 aromatic heterocycles. The fraction of sp³-hybridized carbons (Fsp3) is 1.00. The first-order valence-corrected chi connectivity index (χ1v) is 5.57. The van der Waals surface area contributed by atoms with Crippen LogP contribution in [0.5, 0.6) is 0 Å². The van der Waals surface area contributed by atoms with E-state index < -0.39 is 0 Å². The number of nitrogens with one attached hydrogen (secondary N) is 1. The topological polar surface area (TPSA) is 12.0 Å². The first-order valence-electron chi connectivity index (χ1n) is 5.57. The van der Waals surface area contributed by atoms with E-state index in [1.807, 2.05) is 0 Å². The fourth-order valence-electron chi connectivity index (χ4n) is 1.59. The van der Waals surface area contributed by atoms with Gasteiger partial charge in [-0.05, 0) is 25.2 Å². The molecule has 1 unspecified atom stereocenters. The molecule has 0 rings (SSSR count). The van der Waals surface area contributed by atoms with Crippen molar-refractivity contribution in [2.45, 2.75) is 72.9 Å². The lowest BCUT2D eigenvalue weighted by molar-refractivity contribution is 0.342. The monoisotopic (exact) mass is 185 g/mol. The fourth-order valence-corrected chi connectivity index (χ4v) is 1.59. The molecule has 0 fully saturated rings. The Labute approximate surface area is 84.3 Å². The van der Waals surface area contributed by atoms with E-state index in [1.54, 1.807) is 0 Å². The molecule has 1 heteroatoms. The maximum atomic E-state index is 3.53. The van der Waals surface area contributed by atoms with Crippen LogP contribution in [-0.2, 0) is 0 Å². The van der Waals surface area contributed by atoms with Crippen LogP contribution < -0.4 is 5.32 Å². The van der Waals surface area contributed by atoms with Gasteiger partial charge in [0.25, 0.3) is 0 Å². The van der Waals surface area contributed by atoms with Crippen molar-refractivity contribution in [2.75, 3.05) is 0 Å². The summed E-state index contributed by atoms with van der Waals surface area (Å²) >= 11 is 0. The number of hydrogen-bond acceptors (Lipinski definition) is 1. The molecule has 0 aromatic carbocycles. The van der Waals surface area contributed by atoms with E-state index in [-0.39, 0.29) is 0 Å². The summed E-state index contributed by atoms with van der Waals surface area (Å²) in [4.78, 5) is 0. The van der Waals surface area contributed by atoms with E-state index in [9.17, 15) is 0 Å². The Morgan fingerprint density at radius 2 is 1.62 bits per heavy atom. The van der Waals surface area contributed by atoms with Gasteiger partial charge >= 0.3 is 0 Å². The summed E-state index contributed by atoms with van der Waals surface area (Å²) in [6.07, 6.45) is 3.97. The van der Waals surface area contributed by atoms with Crippen LogP contribution in [-0.4, -0.2) is 12.1 Å². The summed E-state index contributed by atoms with van der Waals surface area (Å²) in [6.45, 7) is 13.6. The summed E-state index contributed by atoms with van der Waals surface area (Å²) in [5.41, 5.74) is 0.498. The average molecular weight is 185 g/mol. The molecule has 0 amide bonds. The average Bonchev–Trinajstić information content (AvgIpc) is 1.81. The maximum absolute atomic E-state index is 3.53. The maximum Gasteiger partial charge on any atom is 0.00410 e. The predicted octanol–water partition coefficient (Wildman–Crippen LogP) is 3.59. The van der Waals surface area contributed by atoms with Crippen molar-refractivity contribution in [1.82, 2.24) is 5.32 Å². The summed E-state index contributed by atoms with van der Waals surface area (Å²) < 4.78 is 0. The molecule has 1 atom stereocenters. The van der Waals surface area contributed by atoms with E-state index >= 15 is 0 Å². The first kappa shape index (κ1) is 13.0. The highest BCUT2D eigenvalue weighted by Gasteiger charge is 2.10. The van der Waals surface area contributed by atoms with Gasteiger partial charge in [-0.3, -0.25) is 0 Å². The highest BCUT2D eigenvalue weighted by Crippen LogP contribution is 2.21. The molecule has 0 heterocycles. The molecule has 0 spiro atoms. The predicted molar refractivity (Wildman–Crippen MR) is 61.0 cm³/mol. The van der Waals surface area contributed by atoms with Crippen molar-refractivity contribution < 1.29 is 0 Å².